The number of urea groups is 1. The van der Waals surface area contributed by atoms with Crippen molar-refractivity contribution in [2.24, 2.45) is 0 Å². The van der Waals surface area contributed by atoms with Gasteiger partial charge >= 0.3 is 6.03 Å². The Morgan fingerprint density at radius 2 is 1.60 bits per heavy atom. The van der Waals surface area contributed by atoms with Crippen molar-refractivity contribution in [2.45, 2.75) is 12.5 Å². The van der Waals surface area contributed by atoms with E-state index in [0.717, 1.165) is 0 Å². The van der Waals surface area contributed by atoms with Crippen LogP contribution in [-0.4, -0.2) is 32.7 Å². The summed E-state index contributed by atoms with van der Waals surface area (Å²) in [6, 6.07) is -0.265. The molecule has 1 aliphatic rings. The highest BCUT2D eigenvalue weighted by atomic mass is 16.6. The Labute approximate surface area is 58.7 Å². The fourth-order valence-electron chi connectivity index (χ4n) is 0.816. The van der Waals surface area contributed by atoms with Crippen molar-refractivity contribution in [3.63, 3.8) is 0 Å². The van der Waals surface area contributed by atoms with Crippen LogP contribution in [0.25, 0.3) is 0 Å². The largest absolute Gasteiger partial charge is 0.357 e. The first kappa shape index (κ1) is 7.30. The van der Waals surface area contributed by atoms with Crippen LogP contribution in [0.5, 0.6) is 0 Å². The van der Waals surface area contributed by atoms with Gasteiger partial charge in [-0.3, -0.25) is 0 Å². The standard InChI is InChI=1S/C5H10N2O3/c1-9-3-4(10-2)7-5(8)6-3/h3-4H,1-2H3,(H2,6,7,8). The van der Waals surface area contributed by atoms with Gasteiger partial charge in [-0.2, -0.15) is 0 Å². The summed E-state index contributed by atoms with van der Waals surface area (Å²) in [5, 5.41) is 5.01. The monoisotopic (exact) mass is 146 g/mol. The molecule has 2 amide bonds. The van der Waals surface area contributed by atoms with E-state index in [2.05, 4.69) is 10.6 Å². The predicted molar refractivity (Wildman–Crippen MR) is 33.3 cm³/mol. The molecule has 2 N–H and O–H groups in total. The van der Waals surface area contributed by atoms with Crippen molar-refractivity contribution >= 4 is 6.03 Å². The lowest BCUT2D eigenvalue weighted by atomic mass is 10.5. The van der Waals surface area contributed by atoms with Crippen LogP contribution in [0.3, 0.4) is 0 Å². The molecule has 0 aromatic carbocycles. The van der Waals surface area contributed by atoms with Gasteiger partial charge in [0.25, 0.3) is 0 Å². The summed E-state index contributed by atoms with van der Waals surface area (Å²) in [5.74, 6) is 0. The fraction of sp³-hybridized carbons (Fsp3) is 0.800. The highest BCUT2D eigenvalue weighted by molar-refractivity contribution is 5.76. The third-order valence-corrected chi connectivity index (χ3v) is 1.33. The van der Waals surface area contributed by atoms with E-state index in [1.807, 2.05) is 0 Å². The maximum absolute atomic E-state index is 10.6. The number of carbonyl (C=O) groups excluding carboxylic acids is 1. The molecule has 1 saturated heterocycles. The third kappa shape index (κ3) is 1.19. The quantitative estimate of drug-likeness (QED) is 0.538. The highest BCUT2D eigenvalue weighted by Crippen LogP contribution is 2.01. The van der Waals surface area contributed by atoms with E-state index < -0.39 is 0 Å². The van der Waals surface area contributed by atoms with Crippen LogP contribution in [-0.2, 0) is 9.47 Å². The number of rotatable bonds is 2. The Balaban J connectivity index is 2.48. The maximum atomic E-state index is 10.6. The van der Waals surface area contributed by atoms with E-state index in [-0.39, 0.29) is 18.5 Å². The van der Waals surface area contributed by atoms with E-state index in [1.54, 1.807) is 0 Å². The van der Waals surface area contributed by atoms with E-state index in [0.29, 0.717) is 0 Å². The summed E-state index contributed by atoms with van der Waals surface area (Å²) < 4.78 is 9.73. The van der Waals surface area contributed by atoms with Crippen molar-refractivity contribution in [3.8, 4) is 0 Å². The lowest BCUT2D eigenvalue weighted by Gasteiger charge is -2.13. The average Bonchev–Trinajstić information content (AvgIpc) is 2.30. The lowest BCUT2D eigenvalue weighted by Crippen LogP contribution is -2.36. The Kier molecular flexibility index (Phi) is 2.08. The molecule has 1 aliphatic heterocycles. The van der Waals surface area contributed by atoms with Gasteiger partial charge in [0.05, 0.1) is 0 Å². The molecule has 5 heteroatoms. The van der Waals surface area contributed by atoms with Gasteiger partial charge in [-0.1, -0.05) is 0 Å². The molecule has 0 spiro atoms. The zero-order chi connectivity index (χ0) is 7.56. The first-order valence-electron chi connectivity index (χ1n) is 2.90. The van der Waals surface area contributed by atoms with Crippen LogP contribution >= 0.6 is 0 Å². The number of methoxy groups -OCH3 is 2. The fourth-order valence-corrected chi connectivity index (χ4v) is 0.816. The normalized spacial score (nSPS) is 31.6. The molecule has 0 aliphatic carbocycles. The van der Waals surface area contributed by atoms with Crippen molar-refractivity contribution < 1.29 is 14.3 Å². The minimum Gasteiger partial charge on any atom is -0.357 e. The SMILES string of the molecule is COC1NC(=O)NC1OC. The summed E-state index contributed by atoms with van der Waals surface area (Å²) in [7, 11) is 3.01. The molecule has 2 unspecified atom stereocenters. The number of ether oxygens (including phenoxy) is 2. The molecule has 0 bridgehead atoms. The lowest BCUT2D eigenvalue weighted by molar-refractivity contribution is -0.0343. The maximum Gasteiger partial charge on any atom is 0.319 e. The van der Waals surface area contributed by atoms with Gasteiger partial charge in [0, 0.05) is 14.2 Å². The molecule has 5 nitrogen and oxygen atoms in total. The molecule has 0 aromatic rings. The second-order valence-corrected chi connectivity index (χ2v) is 1.93. The van der Waals surface area contributed by atoms with Gasteiger partial charge < -0.3 is 20.1 Å². The van der Waals surface area contributed by atoms with Gasteiger partial charge in [0.15, 0.2) is 12.5 Å². The van der Waals surface area contributed by atoms with E-state index in [9.17, 15) is 4.79 Å². The number of hydrogen-bond acceptors (Lipinski definition) is 3. The number of carbonyl (C=O) groups is 1. The molecule has 0 saturated carbocycles. The van der Waals surface area contributed by atoms with Gasteiger partial charge in [-0.25, -0.2) is 4.79 Å². The summed E-state index contributed by atoms with van der Waals surface area (Å²) in [4.78, 5) is 10.6. The van der Waals surface area contributed by atoms with Gasteiger partial charge in [0.2, 0.25) is 0 Å². The first-order chi connectivity index (χ1) is 4.77. The van der Waals surface area contributed by atoms with Crippen molar-refractivity contribution in [3.05, 3.63) is 0 Å². The van der Waals surface area contributed by atoms with E-state index >= 15 is 0 Å². The van der Waals surface area contributed by atoms with E-state index in [1.165, 1.54) is 14.2 Å². The summed E-state index contributed by atoms with van der Waals surface area (Å²) in [6.07, 6.45) is -0.755. The van der Waals surface area contributed by atoms with Crippen LogP contribution in [0.1, 0.15) is 0 Å². The molecule has 2 atom stereocenters. The zero-order valence-electron chi connectivity index (χ0n) is 5.88. The number of nitrogens with one attached hydrogen (secondary N) is 2. The second kappa shape index (κ2) is 2.85. The molecule has 10 heavy (non-hydrogen) atoms. The average molecular weight is 146 g/mol. The highest BCUT2D eigenvalue weighted by Gasteiger charge is 2.30. The number of hydrogen-bond donors (Lipinski definition) is 2. The summed E-state index contributed by atoms with van der Waals surface area (Å²) in [6.45, 7) is 0. The van der Waals surface area contributed by atoms with E-state index in [4.69, 9.17) is 9.47 Å². The zero-order valence-corrected chi connectivity index (χ0v) is 5.88. The van der Waals surface area contributed by atoms with Gasteiger partial charge in [0.1, 0.15) is 0 Å². The molecular weight excluding hydrogens is 136 g/mol. The molecule has 1 heterocycles. The van der Waals surface area contributed by atoms with Crippen molar-refractivity contribution in [1.82, 2.24) is 10.6 Å². The van der Waals surface area contributed by atoms with Crippen LogP contribution in [0.2, 0.25) is 0 Å². The topological polar surface area (TPSA) is 59.6 Å². The predicted octanol–water partition coefficient (Wildman–Crippen LogP) is -0.756. The van der Waals surface area contributed by atoms with Crippen LogP contribution in [0.4, 0.5) is 4.79 Å². The number of amides is 2. The molecule has 58 valence electrons. The molecule has 0 aromatic heterocycles. The molecule has 0 radical (unpaired) electrons. The Morgan fingerprint density at radius 3 is 1.90 bits per heavy atom. The summed E-state index contributed by atoms with van der Waals surface area (Å²) in [5.41, 5.74) is 0. The van der Waals surface area contributed by atoms with Crippen LogP contribution < -0.4 is 10.6 Å². The third-order valence-electron chi connectivity index (χ3n) is 1.33. The Hall–Kier alpha value is -0.810. The van der Waals surface area contributed by atoms with Gasteiger partial charge in [-0.05, 0) is 0 Å². The minimum atomic E-state index is -0.377. The van der Waals surface area contributed by atoms with Gasteiger partial charge in [-0.15, -0.1) is 0 Å². The molecule has 1 fully saturated rings. The smallest absolute Gasteiger partial charge is 0.319 e. The Bertz CT molecular complexity index is 125. The summed E-state index contributed by atoms with van der Waals surface area (Å²) >= 11 is 0. The van der Waals surface area contributed by atoms with Crippen LogP contribution in [0.15, 0.2) is 0 Å². The minimum absolute atomic E-state index is 0.265. The first-order valence-corrected chi connectivity index (χ1v) is 2.90. The second-order valence-electron chi connectivity index (χ2n) is 1.93. The van der Waals surface area contributed by atoms with Crippen molar-refractivity contribution in [2.75, 3.05) is 14.2 Å². The molecule has 1 rings (SSSR count). The molecular formula is C5H10N2O3. The van der Waals surface area contributed by atoms with Crippen molar-refractivity contribution in [1.29, 1.82) is 0 Å². The Morgan fingerprint density at radius 1 is 1.20 bits per heavy atom. The van der Waals surface area contributed by atoms with Crippen LogP contribution in [0, 0.1) is 0 Å².